The SMILES string of the molecule is CNc1ncnc(N2CCCCCC2CO)c1Br. The smallest absolute Gasteiger partial charge is 0.148 e. The number of nitrogens with one attached hydrogen (secondary N) is 1. The molecule has 2 heterocycles. The first kappa shape index (κ1) is 13.5. The summed E-state index contributed by atoms with van der Waals surface area (Å²) < 4.78 is 0.868. The molecule has 5 nitrogen and oxygen atoms in total. The lowest BCUT2D eigenvalue weighted by Gasteiger charge is -2.30. The minimum absolute atomic E-state index is 0.156. The molecule has 0 saturated carbocycles. The zero-order valence-electron chi connectivity index (χ0n) is 10.6. The van der Waals surface area contributed by atoms with E-state index in [0.717, 1.165) is 35.5 Å². The van der Waals surface area contributed by atoms with Crippen LogP contribution in [0.3, 0.4) is 0 Å². The van der Waals surface area contributed by atoms with E-state index in [1.54, 1.807) is 6.33 Å². The maximum absolute atomic E-state index is 9.55. The van der Waals surface area contributed by atoms with Gasteiger partial charge < -0.3 is 15.3 Å². The molecule has 2 rings (SSSR count). The Bertz CT molecular complexity index is 402. The van der Waals surface area contributed by atoms with Crippen molar-refractivity contribution in [1.82, 2.24) is 9.97 Å². The van der Waals surface area contributed by atoms with Crippen molar-refractivity contribution in [2.75, 3.05) is 30.4 Å². The van der Waals surface area contributed by atoms with Gasteiger partial charge in [-0.2, -0.15) is 0 Å². The van der Waals surface area contributed by atoms with Crippen LogP contribution in [0.15, 0.2) is 10.8 Å². The third-order valence-corrected chi connectivity index (χ3v) is 4.10. The van der Waals surface area contributed by atoms with Crippen molar-refractivity contribution in [2.24, 2.45) is 0 Å². The van der Waals surface area contributed by atoms with Crippen LogP contribution in [0.4, 0.5) is 11.6 Å². The molecule has 6 heteroatoms. The number of aromatic nitrogens is 2. The van der Waals surface area contributed by atoms with Crippen molar-refractivity contribution in [2.45, 2.75) is 31.7 Å². The minimum atomic E-state index is 0.156. The molecule has 1 saturated heterocycles. The van der Waals surface area contributed by atoms with Crippen LogP contribution in [0.1, 0.15) is 25.7 Å². The largest absolute Gasteiger partial charge is 0.394 e. The molecule has 1 aliphatic rings. The summed E-state index contributed by atoms with van der Waals surface area (Å²) in [6, 6.07) is 0.156. The number of rotatable bonds is 3. The standard InChI is InChI=1S/C12H19BrN4O/c1-14-11-10(13)12(16-8-15-11)17-6-4-2-3-5-9(17)7-18/h8-9,18H,2-7H2,1H3,(H,14,15,16). The van der Waals surface area contributed by atoms with Crippen LogP contribution in [-0.4, -0.2) is 41.3 Å². The zero-order valence-corrected chi connectivity index (χ0v) is 12.2. The predicted molar refractivity (Wildman–Crippen MR) is 76.0 cm³/mol. The topological polar surface area (TPSA) is 61.3 Å². The molecule has 18 heavy (non-hydrogen) atoms. The third-order valence-electron chi connectivity index (χ3n) is 3.37. The van der Waals surface area contributed by atoms with Crippen LogP contribution < -0.4 is 10.2 Å². The molecular weight excluding hydrogens is 296 g/mol. The molecule has 0 amide bonds. The van der Waals surface area contributed by atoms with Crippen molar-refractivity contribution in [3.8, 4) is 0 Å². The van der Waals surface area contributed by atoms with E-state index in [9.17, 15) is 5.11 Å². The molecule has 1 atom stereocenters. The van der Waals surface area contributed by atoms with Gasteiger partial charge in [-0.25, -0.2) is 9.97 Å². The number of nitrogens with zero attached hydrogens (tertiary/aromatic N) is 3. The lowest BCUT2D eigenvalue weighted by Crippen LogP contribution is -2.38. The van der Waals surface area contributed by atoms with Crippen molar-refractivity contribution in [3.63, 3.8) is 0 Å². The second-order valence-corrected chi connectivity index (χ2v) is 5.28. The van der Waals surface area contributed by atoms with Crippen LogP contribution in [0.5, 0.6) is 0 Å². The third kappa shape index (κ3) is 2.75. The minimum Gasteiger partial charge on any atom is -0.394 e. The Hall–Kier alpha value is -0.880. The Balaban J connectivity index is 2.32. The fraction of sp³-hybridized carbons (Fsp3) is 0.667. The molecule has 100 valence electrons. The molecule has 1 aliphatic heterocycles. The van der Waals surface area contributed by atoms with Gasteiger partial charge in [0.1, 0.15) is 22.4 Å². The molecule has 0 bridgehead atoms. The number of halogens is 1. The Morgan fingerprint density at radius 2 is 2.28 bits per heavy atom. The Morgan fingerprint density at radius 3 is 3.00 bits per heavy atom. The van der Waals surface area contributed by atoms with E-state index in [-0.39, 0.29) is 12.6 Å². The van der Waals surface area contributed by atoms with Crippen LogP contribution in [-0.2, 0) is 0 Å². The highest BCUT2D eigenvalue weighted by atomic mass is 79.9. The van der Waals surface area contributed by atoms with Gasteiger partial charge in [0.2, 0.25) is 0 Å². The molecule has 1 unspecified atom stereocenters. The fourth-order valence-corrected chi connectivity index (χ4v) is 3.01. The first-order valence-electron chi connectivity index (χ1n) is 6.33. The average molecular weight is 315 g/mol. The van der Waals surface area contributed by atoms with Crippen LogP contribution in [0.25, 0.3) is 0 Å². The first-order chi connectivity index (χ1) is 8.77. The van der Waals surface area contributed by atoms with E-state index in [1.165, 1.54) is 12.8 Å². The van der Waals surface area contributed by atoms with Gasteiger partial charge in [0.15, 0.2) is 0 Å². The number of hydrogen-bond acceptors (Lipinski definition) is 5. The summed E-state index contributed by atoms with van der Waals surface area (Å²) in [5.41, 5.74) is 0. The molecular formula is C12H19BrN4O. The summed E-state index contributed by atoms with van der Waals surface area (Å²) in [4.78, 5) is 10.7. The van der Waals surface area contributed by atoms with E-state index < -0.39 is 0 Å². The summed E-state index contributed by atoms with van der Waals surface area (Å²) in [6.45, 7) is 1.11. The molecule has 2 N–H and O–H groups in total. The van der Waals surface area contributed by atoms with E-state index in [2.05, 4.69) is 36.1 Å². The number of anilines is 2. The molecule has 0 aliphatic carbocycles. The highest BCUT2D eigenvalue weighted by Gasteiger charge is 2.24. The van der Waals surface area contributed by atoms with E-state index in [1.807, 2.05) is 7.05 Å². The van der Waals surface area contributed by atoms with Gasteiger partial charge in [-0.05, 0) is 28.8 Å². The Labute approximate surface area is 116 Å². The van der Waals surface area contributed by atoms with Crippen molar-refractivity contribution < 1.29 is 5.11 Å². The van der Waals surface area contributed by atoms with Crippen LogP contribution >= 0.6 is 15.9 Å². The second kappa shape index (κ2) is 6.33. The first-order valence-corrected chi connectivity index (χ1v) is 7.13. The van der Waals surface area contributed by atoms with Gasteiger partial charge in [0.25, 0.3) is 0 Å². The van der Waals surface area contributed by atoms with Gasteiger partial charge >= 0.3 is 0 Å². The van der Waals surface area contributed by atoms with Crippen molar-refractivity contribution in [1.29, 1.82) is 0 Å². The van der Waals surface area contributed by atoms with Crippen LogP contribution in [0.2, 0.25) is 0 Å². The molecule has 0 aromatic carbocycles. The Morgan fingerprint density at radius 1 is 1.44 bits per heavy atom. The van der Waals surface area contributed by atoms with E-state index in [4.69, 9.17) is 0 Å². The maximum atomic E-state index is 9.55. The molecule has 0 radical (unpaired) electrons. The molecule has 1 fully saturated rings. The normalized spacial score (nSPS) is 20.6. The lowest BCUT2D eigenvalue weighted by molar-refractivity contribution is 0.254. The number of hydrogen-bond donors (Lipinski definition) is 2. The highest BCUT2D eigenvalue weighted by Crippen LogP contribution is 2.32. The molecule has 1 aromatic heterocycles. The highest BCUT2D eigenvalue weighted by molar-refractivity contribution is 9.10. The van der Waals surface area contributed by atoms with Crippen molar-refractivity contribution in [3.05, 3.63) is 10.8 Å². The number of aliphatic hydroxyl groups is 1. The summed E-state index contributed by atoms with van der Waals surface area (Å²) in [5, 5.41) is 12.6. The van der Waals surface area contributed by atoms with Gasteiger partial charge in [0.05, 0.1) is 12.6 Å². The van der Waals surface area contributed by atoms with Gasteiger partial charge in [0, 0.05) is 13.6 Å². The number of aliphatic hydroxyl groups excluding tert-OH is 1. The lowest BCUT2D eigenvalue weighted by atomic mass is 10.1. The van der Waals surface area contributed by atoms with Crippen molar-refractivity contribution >= 4 is 27.6 Å². The molecule has 1 aromatic rings. The van der Waals surface area contributed by atoms with Gasteiger partial charge in [-0.3, -0.25) is 0 Å². The predicted octanol–water partition coefficient (Wildman–Crippen LogP) is 2.02. The Kier molecular flexibility index (Phi) is 4.77. The van der Waals surface area contributed by atoms with Gasteiger partial charge in [-0.15, -0.1) is 0 Å². The summed E-state index contributed by atoms with van der Waals surface area (Å²) in [7, 11) is 1.84. The van der Waals surface area contributed by atoms with E-state index in [0.29, 0.717) is 0 Å². The summed E-state index contributed by atoms with van der Waals surface area (Å²) in [6.07, 6.45) is 6.10. The van der Waals surface area contributed by atoms with Gasteiger partial charge in [-0.1, -0.05) is 12.8 Å². The second-order valence-electron chi connectivity index (χ2n) is 4.49. The average Bonchev–Trinajstić information content (AvgIpc) is 2.64. The summed E-state index contributed by atoms with van der Waals surface area (Å²) >= 11 is 3.55. The monoisotopic (exact) mass is 314 g/mol. The molecule has 0 spiro atoms. The van der Waals surface area contributed by atoms with Crippen LogP contribution in [0, 0.1) is 0 Å². The zero-order chi connectivity index (χ0) is 13.0. The maximum Gasteiger partial charge on any atom is 0.148 e. The quantitative estimate of drug-likeness (QED) is 0.894. The fourth-order valence-electron chi connectivity index (χ4n) is 2.38. The van der Waals surface area contributed by atoms with E-state index >= 15 is 0 Å². The summed E-state index contributed by atoms with van der Waals surface area (Å²) in [5.74, 6) is 1.65.